The summed E-state index contributed by atoms with van der Waals surface area (Å²) in [5.74, 6) is 0.493. The summed E-state index contributed by atoms with van der Waals surface area (Å²) >= 11 is 0. The van der Waals surface area contributed by atoms with Crippen molar-refractivity contribution in [1.29, 1.82) is 0 Å². The Labute approximate surface area is 123 Å². The zero-order chi connectivity index (χ0) is 14.9. The van der Waals surface area contributed by atoms with Crippen LogP contribution in [-0.2, 0) is 16.6 Å². The first-order valence-corrected chi connectivity index (χ1v) is 6.87. The van der Waals surface area contributed by atoms with Crippen LogP contribution in [0.25, 0.3) is 12.3 Å². The lowest BCUT2D eigenvalue weighted by atomic mass is 9.75. The van der Waals surface area contributed by atoms with Crippen LogP contribution in [0, 0.1) is 0 Å². The zero-order valence-electron chi connectivity index (χ0n) is 11.9. The first-order chi connectivity index (χ1) is 10.1. The van der Waals surface area contributed by atoms with Crippen LogP contribution in [0.5, 0.6) is 0 Å². The predicted octanol–water partition coefficient (Wildman–Crippen LogP) is 2.66. The van der Waals surface area contributed by atoms with Crippen molar-refractivity contribution < 1.29 is 4.79 Å². The van der Waals surface area contributed by atoms with Crippen LogP contribution < -0.4 is 5.73 Å². The van der Waals surface area contributed by atoms with Gasteiger partial charge in [0.25, 0.3) is 0 Å². The summed E-state index contributed by atoms with van der Waals surface area (Å²) in [6.45, 7) is 2.19. The summed E-state index contributed by atoms with van der Waals surface area (Å²) in [4.78, 5) is 10.5. The van der Waals surface area contributed by atoms with Gasteiger partial charge in [0.2, 0.25) is 0 Å². The van der Waals surface area contributed by atoms with Gasteiger partial charge in [0.05, 0.1) is 5.69 Å². The van der Waals surface area contributed by atoms with E-state index in [1.165, 1.54) is 11.6 Å². The lowest BCUT2D eigenvalue weighted by Crippen LogP contribution is -2.26. The fraction of sp³-hybridized carbons (Fsp3) is 0.176. The molecule has 1 unspecified atom stereocenters. The molecule has 1 atom stereocenters. The van der Waals surface area contributed by atoms with Crippen molar-refractivity contribution in [3.05, 3.63) is 59.3 Å². The van der Waals surface area contributed by atoms with Gasteiger partial charge in [-0.3, -0.25) is 4.79 Å². The number of nitrogens with two attached hydrogens (primary N) is 1. The van der Waals surface area contributed by atoms with Crippen LogP contribution in [0.2, 0.25) is 0 Å². The van der Waals surface area contributed by atoms with Crippen LogP contribution in [0.15, 0.2) is 42.5 Å². The quantitative estimate of drug-likeness (QED) is 0.694. The maximum atomic E-state index is 10.5. The molecule has 4 nitrogen and oxygen atoms in total. The van der Waals surface area contributed by atoms with Crippen molar-refractivity contribution in [2.75, 3.05) is 5.73 Å². The summed E-state index contributed by atoms with van der Waals surface area (Å²) in [5.41, 5.74) is 9.07. The van der Waals surface area contributed by atoms with Crippen molar-refractivity contribution in [3.63, 3.8) is 0 Å². The minimum Gasteiger partial charge on any atom is -0.382 e. The van der Waals surface area contributed by atoms with E-state index < -0.39 is 0 Å². The maximum Gasteiger partial charge on any atom is 0.153 e. The Morgan fingerprint density at radius 1 is 1.33 bits per heavy atom. The topological polar surface area (TPSA) is 60.9 Å². The van der Waals surface area contributed by atoms with E-state index in [0.29, 0.717) is 5.82 Å². The van der Waals surface area contributed by atoms with E-state index in [1.54, 1.807) is 10.9 Å². The number of hydrogen-bond acceptors (Lipinski definition) is 3. The molecule has 0 saturated heterocycles. The molecule has 0 spiro atoms. The third-order valence-electron chi connectivity index (χ3n) is 3.97. The van der Waals surface area contributed by atoms with Gasteiger partial charge < -0.3 is 5.73 Å². The van der Waals surface area contributed by atoms with E-state index >= 15 is 0 Å². The fourth-order valence-corrected chi connectivity index (χ4v) is 2.79. The standard InChI is InChI=1S/C17H17N3O/c1-17(13-6-3-2-4-7-13)9-8-14-15(12-17)20(10-5-11-21)19-16(14)18/h2-11H,12H2,1H3,(H2,18,19). The highest BCUT2D eigenvalue weighted by molar-refractivity contribution is 5.72. The smallest absolute Gasteiger partial charge is 0.153 e. The van der Waals surface area contributed by atoms with Gasteiger partial charge in [0, 0.05) is 23.6 Å². The van der Waals surface area contributed by atoms with Gasteiger partial charge in [-0.15, -0.1) is 0 Å². The van der Waals surface area contributed by atoms with Crippen molar-refractivity contribution in [2.24, 2.45) is 0 Å². The van der Waals surface area contributed by atoms with E-state index in [-0.39, 0.29) is 5.41 Å². The number of fused-ring (bicyclic) bond motifs is 1. The molecule has 2 N–H and O–H groups in total. The molecule has 21 heavy (non-hydrogen) atoms. The van der Waals surface area contributed by atoms with Crippen LogP contribution in [0.1, 0.15) is 23.7 Å². The molecule has 4 heteroatoms. The second-order valence-corrected chi connectivity index (χ2v) is 5.46. The van der Waals surface area contributed by atoms with Gasteiger partial charge in [-0.2, -0.15) is 5.10 Å². The normalized spacial score (nSPS) is 20.6. The van der Waals surface area contributed by atoms with Gasteiger partial charge in [-0.25, -0.2) is 4.68 Å². The SMILES string of the molecule is CC1(c2ccccc2)C=Cc2c(N)nn(C=CC=O)c2C1. The van der Waals surface area contributed by atoms with Crippen molar-refractivity contribution >= 4 is 24.4 Å². The number of nitrogen functional groups attached to an aromatic ring is 1. The van der Waals surface area contributed by atoms with Gasteiger partial charge in [0.15, 0.2) is 5.82 Å². The highest BCUT2D eigenvalue weighted by Crippen LogP contribution is 2.37. The molecule has 1 heterocycles. The van der Waals surface area contributed by atoms with E-state index in [1.807, 2.05) is 24.3 Å². The lowest BCUT2D eigenvalue weighted by Gasteiger charge is -2.30. The molecular formula is C17H17N3O. The molecule has 1 aliphatic rings. The number of aldehydes is 1. The number of nitrogens with zero attached hydrogens (tertiary/aromatic N) is 2. The molecule has 3 rings (SSSR count). The number of rotatable bonds is 3. The number of benzene rings is 1. The minimum atomic E-state index is -0.104. The molecule has 1 aliphatic carbocycles. The second kappa shape index (κ2) is 5.05. The van der Waals surface area contributed by atoms with Crippen molar-refractivity contribution in [2.45, 2.75) is 18.8 Å². The molecule has 0 saturated carbocycles. The molecule has 0 aliphatic heterocycles. The summed E-state index contributed by atoms with van der Waals surface area (Å²) in [6, 6.07) is 10.4. The van der Waals surface area contributed by atoms with Gasteiger partial charge >= 0.3 is 0 Å². The minimum absolute atomic E-state index is 0.104. The van der Waals surface area contributed by atoms with Gasteiger partial charge in [-0.05, 0) is 11.6 Å². The van der Waals surface area contributed by atoms with Gasteiger partial charge in [0.1, 0.15) is 6.29 Å². The van der Waals surface area contributed by atoms with E-state index in [9.17, 15) is 4.79 Å². The third-order valence-corrected chi connectivity index (χ3v) is 3.97. The average molecular weight is 279 g/mol. The van der Waals surface area contributed by atoms with E-state index in [0.717, 1.165) is 24.0 Å². The molecule has 106 valence electrons. The van der Waals surface area contributed by atoms with E-state index in [4.69, 9.17) is 5.73 Å². The van der Waals surface area contributed by atoms with Crippen LogP contribution in [0.3, 0.4) is 0 Å². The molecular weight excluding hydrogens is 262 g/mol. The Kier molecular flexibility index (Phi) is 3.22. The number of aromatic nitrogens is 2. The number of allylic oxidation sites excluding steroid dienone is 2. The molecule has 1 aromatic heterocycles. The zero-order valence-corrected chi connectivity index (χ0v) is 11.9. The Hall–Kier alpha value is -2.62. The highest BCUT2D eigenvalue weighted by atomic mass is 16.1. The number of hydrogen-bond donors (Lipinski definition) is 1. The van der Waals surface area contributed by atoms with Crippen LogP contribution in [0.4, 0.5) is 5.82 Å². The fourth-order valence-electron chi connectivity index (χ4n) is 2.79. The second-order valence-electron chi connectivity index (χ2n) is 5.46. The Morgan fingerprint density at radius 3 is 2.81 bits per heavy atom. The Bertz CT molecular complexity index is 728. The van der Waals surface area contributed by atoms with E-state index in [2.05, 4.69) is 30.2 Å². The molecule has 0 radical (unpaired) electrons. The Balaban J connectivity index is 2.06. The summed E-state index contributed by atoms with van der Waals surface area (Å²) in [6.07, 6.45) is 8.79. The molecule has 0 bridgehead atoms. The summed E-state index contributed by atoms with van der Waals surface area (Å²) in [7, 11) is 0. The van der Waals surface area contributed by atoms with Crippen molar-refractivity contribution in [3.8, 4) is 0 Å². The number of carbonyl (C=O) groups excluding carboxylic acids is 1. The first-order valence-electron chi connectivity index (χ1n) is 6.87. The summed E-state index contributed by atoms with van der Waals surface area (Å²) < 4.78 is 1.70. The molecule has 0 fully saturated rings. The average Bonchev–Trinajstić information content (AvgIpc) is 2.81. The molecule has 1 aromatic carbocycles. The molecule has 0 amide bonds. The van der Waals surface area contributed by atoms with Gasteiger partial charge in [-0.1, -0.05) is 49.4 Å². The van der Waals surface area contributed by atoms with Crippen LogP contribution >= 0.6 is 0 Å². The number of anilines is 1. The van der Waals surface area contributed by atoms with Crippen LogP contribution in [-0.4, -0.2) is 16.1 Å². The maximum absolute atomic E-state index is 10.5. The largest absolute Gasteiger partial charge is 0.382 e. The summed E-state index contributed by atoms with van der Waals surface area (Å²) in [5, 5.41) is 4.29. The predicted molar refractivity (Wildman–Crippen MR) is 84.6 cm³/mol. The monoisotopic (exact) mass is 279 g/mol. The van der Waals surface area contributed by atoms with Crippen molar-refractivity contribution in [1.82, 2.24) is 9.78 Å². The Morgan fingerprint density at radius 2 is 2.10 bits per heavy atom. The molecule has 2 aromatic rings. The lowest BCUT2D eigenvalue weighted by molar-refractivity contribution is -0.104. The highest BCUT2D eigenvalue weighted by Gasteiger charge is 2.31. The third kappa shape index (κ3) is 2.29. The first kappa shape index (κ1) is 13.4. The number of carbonyl (C=O) groups is 1.